The van der Waals surface area contributed by atoms with Crippen LogP contribution in [0.4, 0.5) is 5.95 Å². The Labute approximate surface area is 122 Å². The van der Waals surface area contributed by atoms with Crippen LogP contribution in [0, 0.1) is 0 Å². The first-order valence-corrected chi connectivity index (χ1v) is 6.51. The van der Waals surface area contributed by atoms with Gasteiger partial charge in [0, 0.05) is 0 Å². The van der Waals surface area contributed by atoms with Gasteiger partial charge in [-0.15, -0.1) is 0 Å². The monoisotopic (exact) mass is 313 g/mol. The first kappa shape index (κ1) is 14.9. The summed E-state index contributed by atoms with van der Waals surface area (Å²) in [6.07, 6.45) is -5.40. The molecule has 0 amide bonds. The van der Waals surface area contributed by atoms with Crippen LogP contribution in [0.15, 0.2) is 11.1 Å². The molecule has 2 aromatic rings. The molecule has 120 valence electrons. The van der Waals surface area contributed by atoms with Gasteiger partial charge in [0.2, 0.25) is 5.95 Å². The Morgan fingerprint density at radius 3 is 2.77 bits per heavy atom. The van der Waals surface area contributed by atoms with Gasteiger partial charge in [0.15, 0.2) is 17.4 Å². The Bertz CT molecular complexity index is 714. The number of aliphatic hydroxyl groups is 4. The summed E-state index contributed by atoms with van der Waals surface area (Å²) in [5.74, 6) is -0.0334. The van der Waals surface area contributed by atoms with Crippen LogP contribution in [-0.4, -0.2) is 77.6 Å². The van der Waals surface area contributed by atoms with Crippen LogP contribution in [0.5, 0.6) is 0 Å². The third kappa shape index (κ3) is 2.44. The normalized spacial score (nSPS) is 32.3. The lowest BCUT2D eigenvalue weighted by atomic mass is 9.98. The van der Waals surface area contributed by atoms with Crippen molar-refractivity contribution in [2.75, 3.05) is 11.9 Å². The summed E-state index contributed by atoms with van der Waals surface area (Å²) in [4.78, 5) is 24.7. The third-order valence-corrected chi connectivity index (χ3v) is 3.47. The number of aromatic amines is 2. The first-order valence-electron chi connectivity index (χ1n) is 6.51. The van der Waals surface area contributed by atoms with Crippen LogP contribution in [0.2, 0.25) is 0 Å². The van der Waals surface area contributed by atoms with Crippen LogP contribution in [0.25, 0.3) is 11.2 Å². The molecule has 1 aliphatic heterocycles. The zero-order chi connectivity index (χ0) is 15.9. The summed E-state index contributed by atoms with van der Waals surface area (Å²) in [6, 6.07) is 0. The summed E-state index contributed by atoms with van der Waals surface area (Å²) in [5, 5.41) is 41.0. The first-order chi connectivity index (χ1) is 10.5. The molecule has 5 atom stereocenters. The second kappa shape index (κ2) is 5.62. The quantitative estimate of drug-likeness (QED) is 0.308. The molecule has 1 unspecified atom stereocenters. The lowest BCUT2D eigenvalue weighted by molar-refractivity contribution is -0.221. The minimum atomic E-state index is -1.52. The predicted octanol–water partition coefficient (Wildman–Crippen LogP) is -3.14. The molecule has 2 aromatic heterocycles. The maximum absolute atomic E-state index is 11.8. The highest BCUT2D eigenvalue weighted by Gasteiger charge is 2.43. The molecular formula is C11H15N5O6. The van der Waals surface area contributed by atoms with Crippen molar-refractivity contribution in [2.45, 2.75) is 30.6 Å². The summed E-state index contributed by atoms with van der Waals surface area (Å²) in [6.45, 7) is -0.550. The number of rotatable bonds is 3. The molecule has 3 rings (SSSR count). The molecule has 11 nitrogen and oxygen atoms in total. The number of nitrogens with zero attached hydrogens (tertiary/aromatic N) is 2. The van der Waals surface area contributed by atoms with Gasteiger partial charge in [0.05, 0.1) is 12.9 Å². The number of hydrogen-bond acceptors (Lipinski definition) is 9. The predicted molar refractivity (Wildman–Crippen MR) is 71.9 cm³/mol. The highest BCUT2D eigenvalue weighted by molar-refractivity contribution is 5.69. The lowest BCUT2D eigenvalue weighted by Gasteiger charge is -2.40. The highest BCUT2D eigenvalue weighted by Crippen LogP contribution is 2.21. The van der Waals surface area contributed by atoms with Crippen molar-refractivity contribution >= 4 is 17.1 Å². The lowest BCUT2D eigenvalue weighted by Crippen LogP contribution is -2.60. The molecule has 0 radical (unpaired) electrons. The largest absolute Gasteiger partial charge is 0.394 e. The zero-order valence-corrected chi connectivity index (χ0v) is 11.2. The van der Waals surface area contributed by atoms with Crippen molar-refractivity contribution in [3.8, 4) is 0 Å². The second-order valence-corrected chi connectivity index (χ2v) is 4.91. The van der Waals surface area contributed by atoms with Gasteiger partial charge < -0.3 is 35.5 Å². The standard InChI is InChI=1S/C11H15N5O6/c17-1-3-5(18)6(19)7(20)10(22-3)16-11-14-8-4(9(21)15-11)12-2-13-8/h2-3,5-7,10,17-20H,1H2,(H3,12,13,14,15,16,21)/t3-,5-,6+,7-,10?/m1/s1. The minimum Gasteiger partial charge on any atom is -0.394 e. The molecule has 1 saturated heterocycles. The molecule has 11 heteroatoms. The Kier molecular flexibility index (Phi) is 3.80. The number of H-pyrrole nitrogens is 2. The van der Waals surface area contributed by atoms with Gasteiger partial charge in [0.1, 0.15) is 24.4 Å². The van der Waals surface area contributed by atoms with E-state index in [-0.39, 0.29) is 17.1 Å². The van der Waals surface area contributed by atoms with Crippen LogP contribution in [0.1, 0.15) is 0 Å². The molecular weight excluding hydrogens is 298 g/mol. The van der Waals surface area contributed by atoms with E-state index in [9.17, 15) is 20.1 Å². The number of hydrogen-bond donors (Lipinski definition) is 7. The van der Waals surface area contributed by atoms with E-state index < -0.39 is 42.8 Å². The van der Waals surface area contributed by atoms with E-state index in [2.05, 4.69) is 25.3 Å². The van der Waals surface area contributed by atoms with Crippen LogP contribution in [-0.2, 0) is 4.74 Å². The Morgan fingerprint density at radius 2 is 2.05 bits per heavy atom. The molecule has 1 aliphatic rings. The Hall–Kier alpha value is -2.05. The number of fused-ring (bicyclic) bond motifs is 1. The Morgan fingerprint density at radius 1 is 1.27 bits per heavy atom. The molecule has 0 bridgehead atoms. The van der Waals surface area contributed by atoms with E-state index in [4.69, 9.17) is 9.84 Å². The number of ether oxygens (including phenoxy) is 1. The van der Waals surface area contributed by atoms with Crippen LogP contribution < -0.4 is 10.9 Å². The van der Waals surface area contributed by atoms with E-state index in [1.165, 1.54) is 6.33 Å². The summed E-state index contributed by atoms with van der Waals surface area (Å²) >= 11 is 0. The topological polar surface area (TPSA) is 177 Å². The fourth-order valence-electron chi connectivity index (χ4n) is 2.27. The maximum Gasteiger partial charge on any atom is 0.278 e. The van der Waals surface area contributed by atoms with Crippen molar-refractivity contribution in [1.82, 2.24) is 19.9 Å². The second-order valence-electron chi connectivity index (χ2n) is 4.91. The van der Waals surface area contributed by atoms with E-state index in [1.807, 2.05) is 0 Å². The van der Waals surface area contributed by atoms with Crippen molar-refractivity contribution in [2.24, 2.45) is 0 Å². The zero-order valence-electron chi connectivity index (χ0n) is 11.2. The molecule has 0 spiro atoms. The number of nitrogens with one attached hydrogen (secondary N) is 3. The average Bonchev–Trinajstić information content (AvgIpc) is 2.97. The van der Waals surface area contributed by atoms with Gasteiger partial charge in [-0.3, -0.25) is 9.78 Å². The molecule has 1 fully saturated rings. The average molecular weight is 313 g/mol. The summed E-state index contributed by atoms with van der Waals surface area (Å²) in [7, 11) is 0. The van der Waals surface area contributed by atoms with Gasteiger partial charge in [-0.05, 0) is 0 Å². The van der Waals surface area contributed by atoms with E-state index >= 15 is 0 Å². The fraction of sp³-hybridized carbons (Fsp3) is 0.545. The highest BCUT2D eigenvalue weighted by atomic mass is 16.6. The molecule has 7 N–H and O–H groups in total. The molecule has 3 heterocycles. The molecule has 0 saturated carbocycles. The van der Waals surface area contributed by atoms with Crippen LogP contribution >= 0.6 is 0 Å². The van der Waals surface area contributed by atoms with Gasteiger partial charge in [-0.25, -0.2) is 4.98 Å². The fourth-order valence-corrected chi connectivity index (χ4v) is 2.27. The molecule has 0 aromatic carbocycles. The van der Waals surface area contributed by atoms with Crippen molar-refractivity contribution < 1.29 is 25.2 Å². The summed E-state index contributed by atoms with van der Waals surface area (Å²) < 4.78 is 5.26. The van der Waals surface area contributed by atoms with E-state index in [0.717, 1.165) is 0 Å². The number of aliphatic hydroxyl groups excluding tert-OH is 4. The number of anilines is 1. The van der Waals surface area contributed by atoms with E-state index in [0.29, 0.717) is 0 Å². The van der Waals surface area contributed by atoms with Gasteiger partial charge in [0.25, 0.3) is 5.56 Å². The van der Waals surface area contributed by atoms with Gasteiger partial charge >= 0.3 is 0 Å². The van der Waals surface area contributed by atoms with Gasteiger partial charge in [-0.1, -0.05) is 0 Å². The van der Waals surface area contributed by atoms with Crippen molar-refractivity contribution in [3.63, 3.8) is 0 Å². The number of aromatic nitrogens is 4. The SMILES string of the molecule is O=c1[nH]c(NC2O[C@H](CO)[C@@H](O)[C@H](O)[C@H]2O)nc2nc[nH]c12. The third-order valence-electron chi connectivity index (χ3n) is 3.47. The van der Waals surface area contributed by atoms with Crippen LogP contribution in [0.3, 0.4) is 0 Å². The maximum atomic E-state index is 11.8. The van der Waals surface area contributed by atoms with Gasteiger partial charge in [-0.2, -0.15) is 4.98 Å². The Balaban J connectivity index is 1.85. The van der Waals surface area contributed by atoms with E-state index in [1.54, 1.807) is 0 Å². The molecule has 22 heavy (non-hydrogen) atoms. The minimum absolute atomic E-state index is 0.0334. The van der Waals surface area contributed by atoms with Crippen molar-refractivity contribution in [3.05, 3.63) is 16.7 Å². The number of imidazole rings is 1. The smallest absolute Gasteiger partial charge is 0.278 e. The molecule has 0 aliphatic carbocycles. The summed E-state index contributed by atoms with van der Waals surface area (Å²) in [5.41, 5.74) is -0.121. The van der Waals surface area contributed by atoms with Crippen molar-refractivity contribution in [1.29, 1.82) is 0 Å².